The highest BCUT2D eigenvalue weighted by Gasteiger charge is 2.16. The summed E-state index contributed by atoms with van der Waals surface area (Å²) in [6.07, 6.45) is 0.572. The van der Waals surface area contributed by atoms with Crippen LogP contribution in [-0.4, -0.2) is 10.1 Å². The Hall–Kier alpha value is -1.13. The number of pyridine rings is 1. The molecular weight excluding hydrogens is 292 g/mol. The average molecular weight is 309 g/mol. The van der Waals surface area contributed by atoms with Crippen LogP contribution in [0.2, 0.25) is 0 Å². The molecule has 0 saturated heterocycles. The summed E-state index contributed by atoms with van der Waals surface area (Å²) in [5, 5.41) is 1.05. The molecule has 2 rings (SSSR count). The third-order valence-corrected chi connectivity index (χ3v) is 3.40. The number of fused-ring (bicyclic) bond motifs is 1. The van der Waals surface area contributed by atoms with Crippen molar-refractivity contribution >= 4 is 26.8 Å². The van der Waals surface area contributed by atoms with Crippen LogP contribution < -0.4 is 11.3 Å². The number of aromatic nitrogens is 1. The molecule has 0 spiro atoms. The Kier molecular flexibility index (Phi) is 3.34. The molecule has 0 amide bonds. The van der Waals surface area contributed by atoms with E-state index in [2.05, 4.69) is 15.9 Å². The second-order valence-electron chi connectivity index (χ2n) is 5.40. The van der Waals surface area contributed by atoms with E-state index in [0.29, 0.717) is 6.42 Å². The summed E-state index contributed by atoms with van der Waals surface area (Å²) in [5.74, 6) is 0. The molecule has 96 valence electrons. The smallest absolute Gasteiger partial charge is 0.254 e. The van der Waals surface area contributed by atoms with Crippen LogP contribution in [0.25, 0.3) is 10.9 Å². The fraction of sp³-hybridized carbons (Fsp3) is 0.357. The Bertz CT molecular complexity index is 653. The summed E-state index contributed by atoms with van der Waals surface area (Å²) in [6.45, 7) is 3.86. The second kappa shape index (κ2) is 4.52. The lowest BCUT2D eigenvalue weighted by Gasteiger charge is -2.19. The number of aryl methyl sites for hydroxylation is 1. The van der Waals surface area contributed by atoms with Gasteiger partial charge in [-0.25, -0.2) is 0 Å². The number of hydrogen-bond donors (Lipinski definition) is 1. The first-order valence-electron chi connectivity index (χ1n) is 5.85. The zero-order chi connectivity index (χ0) is 13.5. The van der Waals surface area contributed by atoms with Gasteiger partial charge in [-0.15, -0.1) is 0 Å². The van der Waals surface area contributed by atoms with Gasteiger partial charge >= 0.3 is 0 Å². The molecule has 2 aromatic rings. The van der Waals surface area contributed by atoms with E-state index in [-0.39, 0.29) is 11.1 Å². The van der Waals surface area contributed by atoms with E-state index in [1.807, 2.05) is 38.1 Å². The summed E-state index contributed by atoms with van der Waals surface area (Å²) in [5.41, 5.74) is 7.34. The Morgan fingerprint density at radius 2 is 2.00 bits per heavy atom. The van der Waals surface area contributed by atoms with Crippen molar-refractivity contribution in [2.45, 2.75) is 25.8 Å². The molecule has 0 saturated carbocycles. The fourth-order valence-corrected chi connectivity index (χ4v) is 2.52. The fourth-order valence-electron chi connectivity index (χ4n) is 2.14. The SMILES string of the molecule is Cn1c(=O)c(CC(C)(C)N)cc2cc(Br)ccc21. The van der Waals surface area contributed by atoms with E-state index >= 15 is 0 Å². The largest absolute Gasteiger partial charge is 0.325 e. The minimum atomic E-state index is -0.383. The molecular formula is C14H17BrN2O. The van der Waals surface area contributed by atoms with Gasteiger partial charge in [0.2, 0.25) is 0 Å². The molecule has 0 atom stereocenters. The van der Waals surface area contributed by atoms with Gasteiger partial charge in [-0.3, -0.25) is 4.79 Å². The van der Waals surface area contributed by atoms with Gasteiger partial charge in [0.1, 0.15) is 0 Å². The van der Waals surface area contributed by atoms with Crippen LogP contribution in [0.15, 0.2) is 33.5 Å². The predicted octanol–water partition coefficient (Wildman–Crippen LogP) is 2.58. The van der Waals surface area contributed by atoms with Crippen molar-refractivity contribution in [1.82, 2.24) is 4.57 Å². The van der Waals surface area contributed by atoms with Gasteiger partial charge < -0.3 is 10.3 Å². The monoisotopic (exact) mass is 308 g/mol. The average Bonchev–Trinajstić information content (AvgIpc) is 2.23. The van der Waals surface area contributed by atoms with E-state index in [1.165, 1.54) is 0 Å². The van der Waals surface area contributed by atoms with E-state index in [0.717, 1.165) is 20.9 Å². The Morgan fingerprint density at radius 3 is 2.61 bits per heavy atom. The predicted molar refractivity (Wildman–Crippen MR) is 78.9 cm³/mol. The first-order chi connectivity index (χ1) is 8.28. The number of rotatable bonds is 2. The normalized spacial score (nSPS) is 12.1. The molecule has 0 fully saturated rings. The lowest BCUT2D eigenvalue weighted by atomic mass is 9.96. The van der Waals surface area contributed by atoms with Crippen LogP contribution in [-0.2, 0) is 13.5 Å². The molecule has 0 aliphatic heterocycles. The molecule has 18 heavy (non-hydrogen) atoms. The van der Waals surface area contributed by atoms with E-state index < -0.39 is 0 Å². The van der Waals surface area contributed by atoms with Crippen LogP contribution in [0.3, 0.4) is 0 Å². The van der Waals surface area contributed by atoms with Gasteiger partial charge in [0.15, 0.2) is 0 Å². The summed E-state index contributed by atoms with van der Waals surface area (Å²) in [4.78, 5) is 12.2. The van der Waals surface area contributed by atoms with Crippen molar-refractivity contribution in [2.24, 2.45) is 12.8 Å². The van der Waals surface area contributed by atoms with Crippen LogP contribution in [0.4, 0.5) is 0 Å². The Balaban J connectivity index is 2.69. The first kappa shape index (κ1) is 13.3. The number of nitrogens with zero attached hydrogens (tertiary/aromatic N) is 1. The van der Waals surface area contributed by atoms with Crippen LogP contribution in [0.1, 0.15) is 19.4 Å². The number of benzene rings is 1. The van der Waals surface area contributed by atoms with Crippen molar-refractivity contribution in [1.29, 1.82) is 0 Å². The van der Waals surface area contributed by atoms with Gasteiger partial charge in [-0.2, -0.15) is 0 Å². The molecule has 0 aliphatic carbocycles. The maximum atomic E-state index is 12.2. The lowest BCUT2D eigenvalue weighted by Crippen LogP contribution is -2.37. The van der Waals surface area contributed by atoms with Gasteiger partial charge in [-0.1, -0.05) is 15.9 Å². The van der Waals surface area contributed by atoms with Gasteiger partial charge in [0.25, 0.3) is 5.56 Å². The van der Waals surface area contributed by atoms with Crippen molar-refractivity contribution in [2.75, 3.05) is 0 Å². The zero-order valence-corrected chi connectivity index (χ0v) is 12.4. The molecule has 4 heteroatoms. The minimum absolute atomic E-state index is 0.0309. The highest BCUT2D eigenvalue weighted by atomic mass is 79.9. The van der Waals surface area contributed by atoms with E-state index in [9.17, 15) is 4.79 Å². The number of hydrogen-bond acceptors (Lipinski definition) is 2. The van der Waals surface area contributed by atoms with Crippen LogP contribution >= 0.6 is 15.9 Å². The topological polar surface area (TPSA) is 48.0 Å². The van der Waals surface area contributed by atoms with Crippen molar-refractivity contribution in [3.8, 4) is 0 Å². The second-order valence-corrected chi connectivity index (χ2v) is 6.32. The maximum Gasteiger partial charge on any atom is 0.254 e. The quantitative estimate of drug-likeness (QED) is 0.927. The summed E-state index contributed by atoms with van der Waals surface area (Å²) in [6, 6.07) is 7.84. The van der Waals surface area contributed by atoms with Crippen molar-refractivity contribution in [3.63, 3.8) is 0 Å². The van der Waals surface area contributed by atoms with Gasteiger partial charge in [-0.05, 0) is 49.9 Å². The summed E-state index contributed by atoms with van der Waals surface area (Å²) < 4.78 is 2.69. The first-order valence-corrected chi connectivity index (χ1v) is 6.64. The summed E-state index contributed by atoms with van der Waals surface area (Å²) >= 11 is 3.45. The molecule has 3 nitrogen and oxygen atoms in total. The maximum absolute atomic E-state index is 12.2. The van der Waals surface area contributed by atoms with Crippen molar-refractivity contribution < 1.29 is 0 Å². The highest BCUT2D eigenvalue weighted by molar-refractivity contribution is 9.10. The molecule has 0 aliphatic rings. The third kappa shape index (κ3) is 2.65. The molecule has 1 aromatic heterocycles. The molecule has 1 aromatic carbocycles. The van der Waals surface area contributed by atoms with E-state index in [1.54, 1.807) is 11.6 Å². The van der Waals surface area contributed by atoms with Crippen LogP contribution in [0.5, 0.6) is 0 Å². The van der Waals surface area contributed by atoms with Crippen molar-refractivity contribution in [3.05, 3.63) is 44.7 Å². The van der Waals surface area contributed by atoms with E-state index in [4.69, 9.17) is 5.73 Å². The molecule has 0 unspecified atom stereocenters. The third-order valence-electron chi connectivity index (χ3n) is 2.91. The lowest BCUT2D eigenvalue weighted by molar-refractivity contribution is 0.513. The Labute approximate surface area is 115 Å². The number of halogens is 1. The molecule has 1 heterocycles. The molecule has 0 bridgehead atoms. The minimum Gasteiger partial charge on any atom is -0.325 e. The van der Waals surface area contributed by atoms with Gasteiger partial charge in [0.05, 0.1) is 5.52 Å². The Morgan fingerprint density at radius 1 is 1.33 bits per heavy atom. The van der Waals surface area contributed by atoms with Gasteiger partial charge in [0, 0.05) is 22.6 Å². The van der Waals surface area contributed by atoms with Crippen LogP contribution in [0, 0.1) is 0 Å². The zero-order valence-electron chi connectivity index (χ0n) is 10.8. The number of nitrogens with two attached hydrogens (primary N) is 1. The highest BCUT2D eigenvalue weighted by Crippen LogP contribution is 2.20. The molecule has 2 N–H and O–H groups in total. The standard InChI is InChI=1S/C14H17BrN2O/c1-14(2,16)8-10-6-9-7-11(15)4-5-12(9)17(3)13(10)18/h4-7H,8,16H2,1-3H3. The summed E-state index contributed by atoms with van der Waals surface area (Å²) in [7, 11) is 1.80. The molecule has 0 radical (unpaired) electrons.